The fraction of sp³-hybridized carbons (Fsp3) is 0.444. The summed E-state index contributed by atoms with van der Waals surface area (Å²) in [6.07, 6.45) is -2.87. The average molecular weight is 394 g/mol. The van der Waals surface area contributed by atoms with Gasteiger partial charge in [-0.25, -0.2) is 0 Å². The summed E-state index contributed by atoms with van der Waals surface area (Å²) in [5.41, 5.74) is 1.99. The molecule has 0 aromatic heterocycles. The molecule has 2 aliphatic rings. The Kier molecular flexibility index (Phi) is 6.30. The van der Waals surface area contributed by atoms with Crippen molar-refractivity contribution in [3.8, 4) is 0 Å². The summed E-state index contributed by atoms with van der Waals surface area (Å²) in [5.74, 6) is -0.320. The van der Waals surface area contributed by atoms with E-state index < -0.39 is 43.7 Å². The molecule has 5 atom stereocenters. The lowest BCUT2D eigenvalue weighted by molar-refractivity contribution is -0.195. The second-order valence-electron chi connectivity index (χ2n) is 6.46. The van der Waals surface area contributed by atoms with E-state index in [1.165, 1.54) is 0 Å². The van der Waals surface area contributed by atoms with Crippen molar-refractivity contribution in [2.24, 2.45) is 4.99 Å². The van der Waals surface area contributed by atoms with Crippen molar-refractivity contribution in [1.82, 2.24) is 5.32 Å². The Morgan fingerprint density at radius 2 is 1.81 bits per heavy atom. The number of aryl methyl sites for hydroxylation is 1. The highest BCUT2D eigenvalue weighted by Crippen LogP contribution is 2.29. The molecule has 5 N–H and O–H groups in total. The molecule has 3 rings (SSSR count). The molecule has 0 bridgehead atoms. The third-order valence-corrected chi connectivity index (χ3v) is 5.39. The van der Waals surface area contributed by atoms with Gasteiger partial charge < -0.3 is 30.5 Å². The van der Waals surface area contributed by atoms with Crippen LogP contribution >= 0.6 is 11.8 Å². The lowest BCUT2D eigenvalue weighted by atomic mass is 9.93. The van der Waals surface area contributed by atoms with Crippen LogP contribution in [-0.4, -0.2) is 75.2 Å². The van der Waals surface area contributed by atoms with Gasteiger partial charge in [0.05, 0.1) is 18.1 Å². The summed E-state index contributed by atoms with van der Waals surface area (Å²) in [4.78, 5) is 16.9. The zero-order valence-corrected chi connectivity index (χ0v) is 15.5. The molecule has 2 aliphatic heterocycles. The molecule has 1 aromatic carbocycles. The third-order valence-electron chi connectivity index (χ3n) is 4.46. The maximum Gasteiger partial charge on any atom is 0.264 e. The van der Waals surface area contributed by atoms with Crippen LogP contribution in [0.4, 0.5) is 0 Å². The molecule has 0 saturated carbocycles. The number of hydrogen-bond acceptors (Lipinski definition) is 8. The molecular weight excluding hydrogens is 372 g/mol. The van der Waals surface area contributed by atoms with Crippen LogP contribution in [0.15, 0.2) is 34.2 Å². The van der Waals surface area contributed by atoms with E-state index in [-0.39, 0.29) is 11.1 Å². The highest BCUT2D eigenvalue weighted by molar-refractivity contribution is 8.18. The molecule has 2 saturated heterocycles. The molecule has 2 heterocycles. The van der Waals surface area contributed by atoms with Gasteiger partial charge in [0.2, 0.25) is 0 Å². The van der Waals surface area contributed by atoms with Gasteiger partial charge in [-0.3, -0.25) is 9.79 Å². The molecule has 9 heteroatoms. The molecule has 1 amide bonds. The van der Waals surface area contributed by atoms with Crippen LogP contribution in [0.5, 0.6) is 0 Å². The number of carbonyl (C=O) groups is 1. The number of aliphatic hydroxyl groups is 4. The molecule has 2 fully saturated rings. The number of aliphatic hydroxyl groups excluding tert-OH is 4. The Morgan fingerprint density at radius 1 is 1.15 bits per heavy atom. The fourth-order valence-corrected chi connectivity index (χ4v) is 3.79. The first-order valence-electron chi connectivity index (χ1n) is 8.51. The van der Waals surface area contributed by atoms with Crippen LogP contribution < -0.4 is 5.32 Å². The normalized spacial score (nSPS) is 34.3. The third kappa shape index (κ3) is 4.40. The number of ether oxygens (including phenoxy) is 1. The van der Waals surface area contributed by atoms with Crippen molar-refractivity contribution < 1.29 is 30.0 Å². The minimum absolute atomic E-state index is 0.249. The number of thioether (sulfide) groups is 1. The standard InChI is InChI=1S/C18H22N2O6S/c1-9-2-4-10(5-3-9)6-13-17(25)20-18(27-13)19-14-11(7-21)26-12(8-22)15(23)16(14)24/h2-6,11-12,14-16,21-24H,7-8H2,1H3,(H,19,20,25)/t11?,12-,14+,15-,16-/m1/s1. The largest absolute Gasteiger partial charge is 0.394 e. The van der Waals surface area contributed by atoms with Gasteiger partial charge in [-0.1, -0.05) is 29.8 Å². The molecule has 0 spiro atoms. The monoisotopic (exact) mass is 394 g/mol. The van der Waals surface area contributed by atoms with E-state index in [0.29, 0.717) is 4.91 Å². The van der Waals surface area contributed by atoms with Gasteiger partial charge in [-0.05, 0) is 30.3 Å². The summed E-state index contributed by atoms with van der Waals surface area (Å²) in [6, 6.07) is 6.71. The quantitative estimate of drug-likeness (QED) is 0.431. The number of rotatable bonds is 4. The van der Waals surface area contributed by atoms with Crippen LogP contribution in [0, 0.1) is 6.92 Å². The smallest absolute Gasteiger partial charge is 0.264 e. The fourth-order valence-electron chi connectivity index (χ4n) is 2.93. The van der Waals surface area contributed by atoms with Crippen molar-refractivity contribution in [3.63, 3.8) is 0 Å². The predicted molar refractivity (Wildman–Crippen MR) is 101 cm³/mol. The van der Waals surface area contributed by atoms with E-state index >= 15 is 0 Å². The first kappa shape index (κ1) is 20.0. The van der Waals surface area contributed by atoms with E-state index in [9.17, 15) is 25.2 Å². The maximum absolute atomic E-state index is 12.2. The lowest BCUT2D eigenvalue weighted by Crippen LogP contribution is -2.59. The average Bonchev–Trinajstić information content (AvgIpc) is 3.00. The van der Waals surface area contributed by atoms with Gasteiger partial charge in [0.1, 0.15) is 30.5 Å². The summed E-state index contributed by atoms with van der Waals surface area (Å²) >= 11 is 1.10. The minimum Gasteiger partial charge on any atom is -0.394 e. The minimum atomic E-state index is -1.35. The highest BCUT2D eigenvalue weighted by atomic mass is 32.2. The number of nitrogens with zero attached hydrogens (tertiary/aromatic N) is 1. The van der Waals surface area contributed by atoms with Crippen molar-refractivity contribution >= 4 is 28.9 Å². The Labute approximate surface area is 160 Å². The first-order chi connectivity index (χ1) is 12.9. The molecule has 8 nitrogen and oxygen atoms in total. The second-order valence-corrected chi connectivity index (χ2v) is 7.49. The van der Waals surface area contributed by atoms with Crippen LogP contribution in [0.1, 0.15) is 11.1 Å². The van der Waals surface area contributed by atoms with E-state index in [1.807, 2.05) is 31.2 Å². The predicted octanol–water partition coefficient (Wildman–Crippen LogP) is -0.603. The number of amides is 1. The molecular formula is C18H22N2O6S. The van der Waals surface area contributed by atoms with Gasteiger partial charge in [0.15, 0.2) is 5.17 Å². The molecule has 0 radical (unpaired) electrons. The van der Waals surface area contributed by atoms with Gasteiger partial charge in [0.25, 0.3) is 5.91 Å². The number of benzene rings is 1. The zero-order chi connectivity index (χ0) is 19.6. The Balaban J connectivity index is 1.79. The van der Waals surface area contributed by atoms with Crippen LogP contribution in [0.25, 0.3) is 6.08 Å². The number of aliphatic imine (C=N–C) groups is 1. The lowest BCUT2D eigenvalue weighted by Gasteiger charge is -2.40. The molecule has 1 unspecified atom stereocenters. The summed E-state index contributed by atoms with van der Waals surface area (Å²) in [6.45, 7) is 1.03. The maximum atomic E-state index is 12.2. The second kappa shape index (κ2) is 8.51. The topological polar surface area (TPSA) is 132 Å². The first-order valence-corrected chi connectivity index (χ1v) is 9.33. The Hall–Kier alpha value is -1.75. The number of hydrogen-bond donors (Lipinski definition) is 5. The van der Waals surface area contributed by atoms with E-state index in [0.717, 1.165) is 22.9 Å². The number of nitrogens with one attached hydrogen (secondary N) is 1. The van der Waals surface area contributed by atoms with E-state index in [2.05, 4.69) is 10.3 Å². The van der Waals surface area contributed by atoms with Gasteiger partial charge in [-0.2, -0.15) is 0 Å². The summed E-state index contributed by atoms with van der Waals surface area (Å²) in [5, 5.41) is 41.9. The molecule has 27 heavy (non-hydrogen) atoms. The van der Waals surface area contributed by atoms with E-state index in [4.69, 9.17) is 4.74 Å². The Morgan fingerprint density at radius 3 is 2.44 bits per heavy atom. The summed E-state index contributed by atoms with van der Waals surface area (Å²) < 4.78 is 5.40. The van der Waals surface area contributed by atoms with Gasteiger partial charge in [0, 0.05) is 0 Å². The van der Waals surface area contributed by atoms with E-state index in [1.54, 1.807) is 6.08 Å². The van der Waals surface area contributed by atoms with Crippen molar-refractivity contribution in [2.75, 3.05) is 13.2 Å². The number of carbonyl (C=O) groups excluding carboxylic acids is 1. The number of amidine groups is 1. The van der Waals surface area contributed by atoms with Gasteiger partial charge >= 0.3 is 0 Å². The van der Waals surface area contributed by atoms with Crippen LogP contribution in [0.2, 0.25) is 0 Å². The SMILES string of the molecule is Cc1ccc(C=C2SC(=N[C@H]3C(CO)O[C@H](CO)[C@@H](O)[C@@H]3O)NC2=O)cc1. The van der Waals surface area contributed by atoms with Crippen molar-refractivity contribution in [3.05, 3.63) is 40.3 Å². The summed E-state index contributed by atoms with van der Waals surface area (Å²) in [7, 11) is 0. The zero-order valence-electron chi connectivity index (χ0n) is 14.6. The highest BCUT2D eigenvalue weighted by Gasteiger charge is 2.44. The molecule has 146 valence electrons. The van der Waals surface area contributed by atoms with Crippen LogP contribution in [-0.2, 0) is 9.53 Å². The van der Waals surface area contributed by atoms with Crippen molar-refractivity contribution in [1.29, 1.82) is 0 Å². The molecule has 1 aromatic rings. The molecule has 0 aliphatic carbocycles. The van der Waals surface area contributed by atoms with Crippen LogP contribution in [0.3, 0.4) is 0 Å². The van der Waals surface area contributed by atoms with Gasteiger partial charge in [-0.15, -0.1) is 0 Å². The van der Waals surface area contributed by atoms with Crippen molar-refractivity contribution in [2.45, 2.75) is 37.4 Å². The Bertz CT molecular complexity index is 749.